The number of nitrogens with zero attached hydrogens (tertiary/aromatic N) is 2. The predicted octanol–water partition coefficient (Wildman–Crippen LogP) is 1.95. The zero-order chi connectivity index (χ0) is 10.5. The topological polar surface area (TPSA) is 51.0 Å². The van der Waals surface area contributed by atoms with Crippen molar-refractivity contribution >= 4 is 11.3 Å². The Hall–Kier alpha value is -1.20. The monoisotopic (exact) mass is 223 g/mol. The number of nitrogens with one attached hydrogen (secondary N) is 1. The van der Waals surface area contributed by atoms with Crippen LogP contribution in [0.1, 0.15) is 12.8 Å². The fraction of sp³-hybridized carbons (Fsp3) is 0.400. The minimum absolute atomic E-state index is 0.777. The minimum Gasteiger partial charge on any atom is -0.440 e. The molecule has 0 aromatic carbocycles. The van der Waals surface area contributed by atoms with Crippen LogP contribution in [-0.4, -0.2) is 23.1 Å². The Bertz CT molecular complexity index is 396. The second-order valence-corrected chi connectivity index (χ2v) is 3.97. The SMILES string of the molecule is CCNCCc1ncc(-c2cncs2)o1. The molecule has 0 saturated carbocycles. The molecule has 0 aliphatic carbocycles. The Morgan fingerprint density at radius 2 is 2.40 bits per heavy atom. The summed E-state index contributed by atoms with van der Waals surface area (Å²) in [7, 11) is 0. The van der Waals surface area contributed by atoms with Crippen LogP contribution in [0, 0.1) is 0 Å². The molecule has 2 rings (SSSR count). The molecular weight excluding hydrogens is 210 g/mol. The van der Waals surface area contributed by atoms with Crippen molar-refractivity contribution in [1.82, 2.24) is 15.3 Å². The second kappa shape index (κ2) is 5.04. The first-order valence-corrected chi connectivity index (χ1v) is 5.82. The summed E-state index contributed by atoms with van der Waals surface area (Å²) in [4.78, 5) is 9.24. The van der Waals surface area contributed by atoms with Gasteiger partial charge in [-0.05, 0) is 6.54 Å². The van der Waals surface area contributed by atoms with Gasteiger partial charge in [0, 0.05) is 19.2 Å². The molecule has 2 aromatic rings. The smallest absolute Gasteiger partial charge is 0.196 e. The highest BCUT2D eigenvalue weighted by atomic mass is 32.1. The Kier molecular flexibility index (Phi) is 3.47. The van der Waals surface area contributed by atoms with Crippen molar-refractivity contribution in [3.63, 3.8) is 0 Å². The number of oxazole rings is 1. The third-order valence-electron chi connectivity index (χ3n) is 1.99. The Labute approximate surface area is 92.4 Å². The maximum Gasteiger partial charge on any atom is 0.196 e. The van der Waals surface area contributed by atoms with Crippen LogP contribution in [0.2, 0.25) is 0 Å². The summed E-state index contributed by atoms with van der Waals surface area (Å²) in [6.45, 7) is 3.96. The second-order valence-electron chi connectivity index (χ2n) is 3.09. The van der Waals surface area contributed by atoms with Gasteiger partial charge in [-0.15, -0.1) is 11.3 Å². The molecule has 4 nitrogen and oxygen atoms in total. The number of rotatable bonds is 5. The van der Waals surface area contributed by atoms with Crippen molar-refractivity contribution in [1.29, 1.82) is 0 Å². The number of hydrogen-bond donors (Lipinski definition) is 1. The molecule has 0 radical (unpaired) electrons. The van der Waals surface area contributed by atoms with Gasteiger partial charge in [0.1, 0.15) is 0 Å². The lowest BCUT2D eigenvalue weighted by Crippen LogP contribution is -2.16. The highest BCUT2D eigenvalue weighted by Gasteiger charge is 2.06. The van der Waals surface area contributed by atoms with Crippen LogP contribution in [0.3, 0.4) is 0 Å². The Morgan fingerprint density at radius 1 is 1.47 bits per heavy atom. The summed E-state index contributed by atoms with van der Waals surface area (Å²) in [5.74, 6) is 1.59. The molecule has 15 heavy (non-hydrogen) atoms. The highest BCUT2D eigenvalue weighted by molar-refractivity contribution is 7.13. The van der Waals surface area contributed by atoms with E-state index in [1.54, 1.807) is 29.2 Å². The zero-order valence-corrected chi connectivity index (χ0v) is 9.38. The molecule has 0 amide bonds. The van der Waals surface area contributed by atoms with Gasteiger partial charge >= 0.3 is 0 Å². The average molecular weight is 223 g/mol. The van der Waals surface area contributed by atoms with E-state index in [1.165, 1.54) is 0 Å². The van der Waals surface area contributed by atoms with Crippen molar-refractivity contribution in [2.24, 2.45) is 0 Å². The average Bonchev–Trinajstić information content (AvgIpc) is 2.87. The number of hydrogen-bond acceptors (Lipinski definition) is 5. The lowest BCUT2D eigenvalue weighted by atomic mass is 10.4. The normalized spacial score (nSPS) is 10.7. The van der Waals surface area contributed by atoms with Crippen molar-refractivity contribution < 1.29 is 4.42 Å². The first kappa shape index (κ1) is 10.3. The molecular formula is C10H13N3OS. The molecule has 5 heteroatoms. The van der Waals surface area contributed by atoms with E-state index in [1.807, 2.05) is 0 Å². The van der Waals surface area contributed by atoms with Gasteiger partial charge < -0.3 is 9.73 Å². The van der Waals surface area contributed by atoms with Gasteiger partial charge in [0.15, 0.2) is 11.7 Å². The van der Waals surface area contributed by atoms with Gasteiger partial charge in [0.25, 0.3) is 0 Å². The summed E-state index contributed by atoms with van der Waals surface area (Å²) >= 11 is 1.56. The number of likely N-dealkylation sites (N-methyl/N-ethyl adjacent to an activating group) is 1. The summed E-state index contributed by atoms with van der Waals surface area (Å²) in [6.07, 6.45) is 4.38. The highest BCUT2D eigenvalue weighted by Crippen LogP contribution is 2.23. The summed E-state index contributed by atoms with van der Waals surface area (Å²) in [5.41, 5.74) is 1.79. The lowest BCUT2D eigenvalue weighted by Gasteiger charge is -1.96. The first-order chi connectivity index (χ1) is 7.40. The molecule has 0 unspecified atom stereocenters. The zero-order valence-electron chi connectivity index (χ0n) is 8.56. The third-order valence-corrected chi connectivity index (χ3v) is 2.78. The maximum atomic E-state index is 5.59. The molecule has 1 N–H and O–H groups in total. The maximum absolute atomic E-state index is 5.59. The van der Waals surface area contributed by atoms with Gasteiger partial charge in [-0.25, -0.2) is 4.98 Å². The van der Waals surface area contributed by atoms with Gasteiger partial charge in [-0.2, -0.15) is 0 Å². The van der Waals surface area contributed by atoms with Crippen molar-refractivity contribution in [3.8, 4) is 10.6 Å². The molecule has 2 aromatic heterocycles. The predicted molar refractivity (Wildman–Crippen MR) is 59.9 cm³/mol. The van der Waals surface area contributed by atoms with E-state index in [2.05, 4.69) is 22.2 Å². The lowest BCUT2D eigenvalue weighted by molar-refractivity contribution is 0.498. The molecule has 0 aliphatic heterocycles. The Balaban J connectivity index is 1.98. The molecule has 2 heterocycles. The quantitative estimate of drug-likeness (QED) is 0.787. The van der Waals surface area contributed by atoms with Crippen molar-refractivity contribution in [2.75, 3.05) is 13.1 Å². The van der Waals surface area contributed by atoms with Crippen molar-refractivity contribution in [3.05, 3.63) is 23.8 Å². The standard InChI is InChI=1S/C10H13N3OS/c1-2-11-4-3-10-13-5-8(14-10)9-6-12-7-15-9/h5-7,11H,2-4H2,1H3. The largest absolute Gasteiger partial charge is 0.440 e. The molecule has 0 aliphatic rings. The van der Waals surface area contributed by atoms with E-state index in [0.717, 1.165) is 36.0 Å². The number of aromatic nitrogens is 2. The van der Waals surface area contributed by atoms with Gasteiger partial charge in [0.05, 0.1) is 16.6 Å². The fourth-order valence-corrected chi connectivity index (χ4v) is 1.82. The summed E-state index contributed by atoms with van der Waals surface area (Å²) < 4.78 is 5.59. The third kappa shape index (κ3) is 2.64. The summed E-state index contributed by atoms with van der Waals surface area (Å²) in [6, 6.07) is 0. The summed E-state index contributed by atoms with van der Waals surface area (Å²) in [5, 5.41) is 3.23. The van der Waals surface area contributed by atoms with Crippen LogP contribution in [0.4, 0.5) is 0 Å². The molecule has 0 bridgehead atoms. The van der Waals surface area contributed by atoms with Crippen LogP contribution < -0.4 is 5.32 Å². The molecule has 0 saturated heterocycles. The van der Waals surface area contributed by atoms with E-state index in [4.69, 9.17) is 4.42 Å². The molecule has 0 atom stereocenters. The van der Waals surface area contributed by atoms with Crippen LogP contribution >= 0.6 is 11.3 Å². The van der Waals surface area contributed by atoms with E-state index in [-0.39, 0.29) is 0 Å². The van der Waals surface area contributed by atoms with E-state index >= 15 is 0 Å². The van der Waals surface area contributed by atoms with Crippen LogP contribution in [-0.2, 0) is 6.42 Å². The van der Waals surface area contributed by atoms with Gasteiger partial charge in [-0.1, -0.05) is 6.92 Å². The number of thiazole rings is 1. The van der Waals surface area contributed by atoms with Crippen LogP contribution in [0.15, 0.2) is 22.3 Å². The van der Waals surface area contributed by atoms with Crippen LogP contribution in [0.5, 0.6) is 0 Å². The first-order valence-electron chi connectivity index (χ1n) is 4.94. The van der Waals surface area contributed by atoms with E-state index in [0.29, 0.717) is 0 Å². The molecule has 0 fully saturated rings. The van der Waals surface area contributed by atoms with Gasteiger partial charge in [-0.3, -0.25) is 4.98 Å². The van der Waals surface area contributed by atoms with Crippen LogP contribution in [0.25, 0.3) is 10.6 Å². The minimum atomic E-state index is 0.777. The van der Waals surface area contributed by atoms with E-state index < -0.39 is 0 Å². The van der Waals surface area contributed by atoms with Crippen molar-refractivity contribution in [2.45, 2.75) is 13.3 Å². The Morgan fingerprint density at radius 3 is 3.13 bits per heavy atom. The van der Waals surface area contributed by atoms with Gasteiger partial charge in [0.2, 0.25) is 0 Å². The fourth-order valence-electron chi connectivity index (χ4n) is 1.25. The van der Waals surface area contributed by atoms with E-state index in [9.17, 15) is 0 Å². The molecule has 80 valence electrons. The molecule has 0 spiro atoms.